The Bertz CT molecular complexity index is 1070. The fraction of sp³-hybridized carbons (Fsp3) is 0.500. The SMILES string of the molecule is CC[C@H](C)c1nc(N2CCCN(C(=O)C3CC3)CC2)c2cnn(-c3ccccc3)c2n1. The number of para-hydroxylation sites is 1. The van der Waals surface area contributed by atoms with Crippen LogP contribution in [-0.2, 0) is 4.79 Å². The van der Waals surface area contributed by atoms with E-state index < -0.39 is 0 Å². The smallest absolute Gasteiger partial charge is 0.225 e. The second-order valence-electron chi connectivity index (χ2n) is 8.78. The fourth-order valence-corrected chi connectivity index (χ4v) is 4.25. The average Bonchev–Trinajstić information content (AvgIpc) is 3.61. The average molecular weight is 419 g/mol. The standard InChI is InChI=1S/C24H30N6O/c1-3-17(2)21-26-22(28-12-7-13-29(15-14-28)24(31)18-10-11-18)20-16-25-30(23(20)27-21)19-8-5-4-6-9-19/h4-6,8-9,16-18H,3,7,10-15H2,1-2H3/t17-/m0/s1. The first-order valence-corrected chi connectivity index (χ1v) is 11.5. The molecule has 2 fully saturated rings. The summed E-state index contributed by atoms with van der Waals surface area (Å²) >= 11 is 0. The molecule has 0 radical (unpaired) electrons. The summed E-state index contributed by atoms with van der Waals surface area (Å²) in [4.78, 5) is 26.9. The normalized spacial score (nSPS) is 18.3. The molecular formula is C24H30N6O. The van der Waals surface area contributed by atoms with E-state index in [-0.39, 0.29) is 11.8 Å². The highest BCUT2D eigenvalue weighted by atomic mass is 16.2. The highest BCUT2D eigenvalue weighted by Crippen LogP contribution is 2.32. The molecular weight excluding hydrogens is 388 g/mol. The number of nitrogens with zero attached hydrogens (tertiary/aromatic N) is 6. The molecule has 1 saturated heterocycles. The van der Waals surface area contributed by atoms with Crippen LogP contribution < -0.4 is 4.90 Å². The van der Waals surface area contributed by atoms with Crippen LogP contribution in [0, 0.1) is 5.92 Å². The number of amides is 1. The predicted molar refractivity (Wildman–Crippen MR) is 122 cm³/mol. The second-order valence-corrected chi connectivity index (χ2v) is 8.78. The predicted octanol–water partition coefficient (Wildman–Crippen LogP) is 3.78. The van der Waals surface area contributed by atoms with Crippen LogP contribution in [-0.4, -0.2) is 56.7 Å². The minimum absolute atomic E-state index is 0.266. The van der Waals surface area contributed by atoms with Gasteiger partial charge in [0.1, 0.15) is 11.6 Å². The van der Waals surface area contributed by atoms with Crippen molar-refractivity contribution < 1.29 is 4.79 Å². The van der Waals surface area contributed by atoms with Crippen LogP contribution in [0.4, 0.5) is 5.82 Å². The maximum atomic E-state index is 12.6. The van der Waals surface area contributed by atoms with Gasteiger partial charge in [-0.15, -0.1) is 0 Å². The molecule has 0 bridgehead atoms. The lowest BCUT2D eigenvalue weighted by atomic mass is 10.1. The number of anilines is 1. The van der Waals surface area contributed by atoms with Gasteiger partial charge in [0.2, 0.25) is 5.91 Å². The fourth-order valence-electron chi connectivity index (χ4n) is 4.25. The zero-order chi connectivity index (χ0) is 21.4. The van der Waals surface area contributed by atoms with Crippen molar-refractivity contribution in [2.45, 2.75) is 45.4 Å². The van der Waals surface area contributed by atoms with Crippen LogP contribution in [0.15, 0.2) is 36.5 Å². The van der Waals surface area contributed by atoms with Gasteiger partial charge >= 0.3 is 0 Å². The van der Waals surface area contributed by atoms with Crippen molar-refractivity contribution in [2.75, 3.05) is 31.1 Å². The summed E-state index contributed by atoms with van der Waals surface area (Å²) in [7, 11) is 0. The highest BCUT2D eigenvalue weighted by molar-refractivity contribution is 5.88. The molecule has 3 aromatic rings. The molecule has 0 N–H and O–H groups in total. The van der Waals surface area contributed by atoms with E-state index in [4.69, 9.17) is 9.97 Å². The first-order chi connectivity index (χ1) is 15.2. The van der Waals surface area contributed by atoms with E-state index in [2.05, 4.69) is 28.7 Å². The zero-order valence-corrected chi connectivity index (χ0v) is 18.4. The second kappa shape index (κ2) is 8.29. The minimum atomic E-state index is 0.266. The number of rotatable bonds is 5. The Morgan fingerprint density at radius 1 is 1.10 bits per heavy atom. The molecule has 1 aromatic carbocycles. The van der Waals surface area contributed by atoms with Gasteiger partial charge in [-0.05, 0) is 37.8 Å². The van der Waals surface area contributed by atoms with Crippen molar-refractivity contribution in [3.05, 3.63) is 42.4 Å². The van der Waals surface area contributed by atoms with Gasteiger partial charge in [0.25, 0.3) is 0 Å². The van der Waals surface area contributed by atoms with Crippen molar-refractivity contribution in [2.24, 2.45) is 5.92 Å². The molecule has 0 unspecified atom stereocenters. The van der Waals surface area contributed by atoms with Crippen molar-refractivity contribution in [3.63, 3.8) is 0 Å². The maximum Gasteiger partial charge on any atom is 0.225 e. The monoisotopic (exact) mass is 418 g/mol. The molecule has 2 aromatic heterocycles. The van der Waals surface area contributed by atoms with E-state index in [1.807, 2.05) is 41.2 Å². The summed E-state index contributed by atoms with van der Waals surface area (Å²) in [5.41, 5.74) is 1.84. The molecule has 1 atom stereocenters. The van der Waals surface area contributed by atoms with Gasteiger partial charge in [0.15, 0.2) is 5.65 Å². The van der Waals surface area contributed by atoms with Crippen LogP contribution >= 0.6 is 0 Å². The van der Waals surface area contributed by atoms with Gasteiger partial charge in [0.05, 0.1) is 17.3 Å². The molecule has 5 rings (SSSR count). The highest BCUT2D eigenvalue weighted by Gasteiger charge is 2.34. The Kier molecular flexibility index (Phi) is 5.34. The van der Waals surface area contributed by atoms with Crippen LogP contribution in [0.3, 0.4) is 0 Å². The zero-order valence-electron chi connectivity index (χ0n) is 18.4. The number of hydrogen-bond donors (Lipinski definition) is 0. The third kappa shape index (κ3) is 3.89. The number of fused-ring (bicyclic) bond motifs is 1. The molecule has 2 aliphatic rings. The Balaban J connectivity index is 1.52. The summed E-state index contributed by atoms with van der Waals surface area (Å²) in [6.07, 6.45) is 5.94. The van der Waals surface area contributed by atoms with Crippen LogP contribution in [0.2, 0.25) is 0 Å². The summed E-state index contributed by atoms with van der Waals surface area (Å²) < 4.78 is 1.91. The minimum Gasteiger partial charge on any atom is -0.354 e. The van der Waals surface area contributed by atoms with Gasteiger partial charge in [-0.1, -0.05) is 32.0 Å². The van der Waals surface area contributed by atoms with Crippen molar-refractivity contribution in [3.8, 4) is 5.69 Å². The largest absolute Gasteiger partial charge is 0.354 e. The first kappa shape index (κ1) is 20.0. The van der Waals surface area contributed by atoms with Crippen molar-refractivity contribution in [1.29, 1.82) is 0 Å². The molecule has 7 heteroatoms. The van der Waals surface area contributed by atoms with Crippen LogP contribution in [0.1, 0.15) is 51.3 Å². The number of benzene rings is 1. The van der Waals surface area contributed by atoms with Gasteiger partial charge < -0.3 is 9.80 Å². The Morgan fingerprint density at radius 2 is 1.90 bits per heavy atom. The van der Waals surface area contributed by atoms with Crippen molar-refractivity contribution >= 4 is 22.8 Å². The van der Waals surface area contributed by atoms with Crippen LogP contribution in [0.25, 0.3) is 16.7 Å². The molecule has 31 heavy (non-hydrogen) atoms. The van der Waals surface area contributed by atoms with Gasteiger partial charge in [0, 0.05) is 38.0 Å². The summed E-state index contributed by atoms with van der Waals surface area (Å²) in [5.74, 6) is 2.69. The molecule has 7 nitrogen and oxygen atoms in total. The van der Waals surface area contributed by atoms with Crippen LogP contribution in [0.5, 0.6) is 0 Å². The van der Waals surface area contributed by atoms with E-state index in [9.17, 15) is 4.79 Å². The van der Waals surface area contributed by atoms with E-state index in [1.165, 1.54) is 0 Å². The topological polar surface area (TPSA) is 67.2 Å². The lowest BCUT2D eigenvalue weighted by Gasteiger charge is -2.24. The summed E-state index contributed by atoms with van der Waals surface area (Å²) in [6.45, 7) is 7.61. The molecule has 1 amide bonds. The molecule has 1 aliphatic heterocycles. The lowest BCUT2D eigenvalue weighted by Crippen LogP contribution is -2.36. The lowest BCUT2D eigenvalue weighted by molar-refractivity contribution is -0.132. The number of hydrogen-bond acceptors (Lipinski definition) is 5. The maximum absolute atomic E-state index is 12.6. The Morgan fingerprint density at radius 3 is 2.65 bits per heavy atom. The van der Waals surface area contributed by atoms with E-state index in [1.54, 1.807) is 0 Å². The third-order valence-electron chi connectivity index (χ3n) is 6.51. The van der Waals surface area contributed by atoms with Gasteiger partial charge in [-0.3, -0.25) is 4.79 Å². The van der Waals surface area contributed by atoms with Gasteiger partial charge in [-0.25, -0.2) is 14.6 Å². The van der Waals surface area contributed by atoms with E-state index in [0.29, 0.717) is 5.91 Å². The molecule has 1 aliphatic carbocycles. The molecule has 3 heterocycles. The summed E-state index contributed by atoms with van der Waals surface area (Å²) in [6, 6.07) is 10.1. The van der Waals surface area contributed by atoms with Gasteiger partial charge in [-0.2, -0.15) is 5.10 Å². The van der Waals surface area contributed by atoms with E-state index in [0.717, 1.165) is 80.2 Å². The number of carbonyl (C=O) groups excluding carboxylic acids is 1. The molecule has 0 spiro atoms. The quantitative estimate of drug-likeness (QED) is 0.631. The van der Waals surface area contributed by atoms with Crippen molar-refractivity contribution in [1.82, 2.24) is 24.6 Å². The van der Waals surface area contributed by atoms with E-state index >= 15 is 0 Å². The molecule has 1 saturated carbocycles. The Labute approximate surface area is 183 Å². The third-order valence-corrected chi connectivity index (χ3v) is 6.51. The molecule has 162 valence electrons. The number of aromatic nitrogens is 4. The number of carbonyl (C=O) groups is 1. The first-order valence-electron chi connectivity index (χ1n) is 11.5. The summed E-state index contributed by atoms with van der Waals surface area (Å²) in [5, 5.41) is 5.64. The Hall–Kier alpha value is -2.96.